The molecule has 0 aliphatic heterocycles. The van der Waals surface area contributed by atoms with Crippen LogP contribution in [0.15, 0.2) is 33.0 Å². The molecule has 0 saturated heterocycles. The van der Waals surface area contributed by atoms with Crippen molar-refractivity contribution in [2.75, 3.05) is 13.6 Å². The van der Waals surface area contributed by atoms with E-state index in [-0.39, 0.29) is 28.2 Å². The van der Waals surface area contributed by atoms with Crippen molar-refractivity contribution in [3.8, 4) is 0 Å². The van der Waals surface area contributed by atoms with Crippen LogP contribution in [-0.2, 0) is 16.6 Å². The fourth-order valence-electron chi connectivity index (χ4n) is 2.47. The largest absolute Gasteiger partial charge is 0.356 e. The summed E-state index contributed by atoms with van der Waals surface area (Å²) in [6.45, 7) is 1.36. The second-order valence-electron chi connectivity index (χ2n) is 5.48. The first-order valence-corrected chi connectivity index (χ1v) is 10.1. The molecule has 1 aliphatic rings. The summed E-state index contributed by atoms with van der Waals surface area (Å²) >= 11 is 1.17. The van der Waals surface area contributed by atoms with Crippen molar-refractivity contribution in [3.05, 3.63) is 28.7 Å². The van der Waals surface area contributed by atoms with Crippen LogP contribution in [0.2, 0.25) is 0 Å². The number of sulfonamides is 1. The van der Waals surface area contributed by atoms with Crippen LogP contribution in [0.5, 0.6) is 0 Å². The number of rotatable bonds is 6. The maximum absolute atomic E-state index is 11.3. The second-order valence-corrected chi connectivity index (χ2v) is 8.43. The van der Waals surface area contributed by atoms with Gasteiger partial charge in [0.1, 0.15) is 4.21 Å². The fraction of sp³-hybridized carbons (Fsp3) is 0.533. The van der Waals surface area contributed by atoms with Crippen molar-refractivity contribution in [1.29, 1.82) is 0 Å². The third-order valence-electron chi connectivity index (χ3n) is 3.69. The Morgan fingerprint density at radius 1 is 1.33 bits per heavy atom. The van der Waals surface area contributed by atoms with Gasteiger partial charge in [-0.2, -0.15) is 0 Å². The van der Waals surface area contributed by atoms with Gasteiger partial charge in [-0.3, -0.25) is 4.99 Å². The quantitative estimate of drug-likeness (QED) is 0.250. The van der Waals surface area contributed by atoms with Crippen LogP contribution in [-0.4, -0.2) is 28.0 Å². The summed E-state index contributed by atoms with van der Waals surface area (Å²) in [6.07, 6.45) is 8.40. The van der Waals surface area contributed by atoms with Crippen LogP contribution >= 0.6 is 35.3 Å². The highest BCUT2D eigenvalue weighted by molar-refractivity contribution is 14.0. The number of nitrogens with zero attached hydrogens (tertiary/aromatic N) is 1. The van der Waals surface area contributed by atoms with Crippen LogP contribution in [0.3, 0.4) is 0 Å². The van der Waals surface area contributed by atoms with E-state index in [2.05, 4.69) is 21.7 Å². The van der Waals surface area contributed by atoms with Gasteiger partial charge in [-0.15, -0.1) is 35.3 Å². The van der Waals surface area contributed by atoms with E-state index in [9.17, 15) is 8.42 Å². The molecule has 24 heavy (non-hydrogen) atoms. The summed E-state index contributed by atoms with van der Waals surface area (Å²) in [5, 5.41) is 11.6. The number of allylic oxidation sites excluding steroid dienone is 1. The molecule has 0 atom stereocenters. The van der Waals surface area contributed by atoms with Gasteiger partial charge in [0.15, 0.2) is 5.96 Å². The van der Waals surface area contributed by atoms with Gasteiger partial charge >= 0.3 is 0 Å². The first-order valence-electron chi connectivity index (χ1n) is 7.73. The Hall–Kier alpha value is -0.650. The second kappa shape index (κ2) is 10.4. The molecule has 0 spiro atoms. The van der Waals surface area contributed by atoms with Gasteiger partial charge in [0.2, 0.25) is 10.0 Å². The van der Waals surface area contributed by atoms with E-state index in [1.54, 1.807) is 13.1 Å². The Balaban J connectivity index is 0.00000288. The van der Waals surface area contributed by atoms with E-state index in [0.717, 1.165) is 17.8 Å². The topological polar surface area (TPSA) is 96.6 Å². The molecule has 1 aromatic rings. The van der Waals surface area contributed by atoms with E-state index in [4.69, 9.17) is 5.14 Å². The molecule has 2 rings (SSSR count). The fourth-order valence-corrected chi connectivity index (χ4v) is 4.19. The molecule has 0 amide bonds. The highest BCUT2D eigenvalue weighted by Crippen LogP contribution is 2.20. The Kier molecular flexibility index (Phi) is 9.24. The van der Waals surface area contributed by atoms with Crippen LogP contribution in [0.25, 0.3) is 0 Å². The van der Waals surface area contributed by atoms with Crippen molar-refractivity contribution < 1.29 is 8.42 Å². The van der Waals surface area contributed by atoms with Crippen LogP contribution in [0.1, 0.15) is 37.0 Å². The van der Waals surface area contributed by atoms with E-state index in [0.29, 0.717) is 12.5 Å². The number of aliphatic imine (C=N–C) groups is 1. The van der Waals surface area contributed by atoms with E-state index in [1.165, 1.54) is 48.7 Å². The number of nitrogens with one attached hydrogen (secondary N) is 2. The minimum absolute atomic E-state index is 0. The Bertz CT molecular complexity index is 683. The monoisotopic (exact) mass is 484 g/mol. The number of guanidine groups is 1. The van der Waals surface area contributed by atoms with E-state index >= 15 is 0 Å². The summed E-state index contributed by atoms with van der Waals surface area (Å²) in [5.41, 5.74) is 1.52. The molecule has 0 aromatic carbocycles. The van der Waals surface area contributed by atoms with E-state index < -0.39 is 10.0 Å². The highest BCUT2D eigenvalue weighted by Gasteiger charge is 2.11. The zero-order chi connectivity index (χ0) is 16.7. The summed E-state index contributed by atoms with van der Waals surface area (Å²) in [4.78, 5) is 5.07. The molecule has 1 aliphatic carbocycles. The standard InChI is InChI=1S/C15H24N4O2S2.HI/c1-17-15(18-10-9-12-5-3-2-4-6-12)19-11-13-7-8-14(22-13)23(16,20)21;/h5,7-8H,2-4,6,9-11H2,1H3,(H2,16,20,21)(H2,17,18,19);1H. The lowest BCUT2D eigenvalue weighted by Crippen LogP contribution is -2.37. The van der Waals surface area contributed by atoms with Crippen molar-refractivity contribution in [1.82, 2.24) is 10.6 Å². The Morgan fingerprint density at radius 3 is 2.71 bits per heavy atom. The normalized spacial score (nSPS) is 15.4. The predicted molar refractivity (Wildman–Crippen MR) is 110 cm³/mol. The van der Waals surface area contributed by atoms with Crippen molar-refractivity contribution in [3.63, 3.8) is 0 Å². The molecule has 1 aromatic heterocycles. The van der Waals surface area contributed by atoms with Gasteiger partial charge in [-0.05, 0) is 44.2 Å². The lowest BCUT2D eigenvalue weighted by Gasteiger charge is -2.15. The van der Waals surface area contributed by atoms with Gasteiger partial charge in [-0.1, -0.05) is 11.6 Å². The maximum atomic E-state index is 11.3. The van der Waals surface area contributed by atoms with Crippen LogP contribution in [0.4, 0.5) is 0 Å². The molecule has 0 unspecified atom stereocenters. The molecular weight excluding hydrogens is 459 g/mol. The van der Waals surface area contributed by atoms with Gasteiger partial charge < -0.3 is 10.6 Å². The van der Waals surface area contributed by atoms with Gasteiger partial charge in [0, 0.05) is 18.5 Å². The zero-order valence-electron chi connectivity index (χ0n) is 13.7. The first-order chi connectivity index (χ1) is 11.0. The molecule has 0 fully saturated rings. The Morgan fingerprint density at radius 2 is 2.12 bits per heavy atom. The summed E-state index contributed by atoms with van der Waals surface area (Å²) in [5.74, 6) is 0.715. The van der Waals surface area contributed by atoms with Gasteiger partial charge in [0.25, 0.3) is 0 Å². The average molecular weight is 484 g/mol. The van der Waals surface area contributed by atoms with Gasteiger partial charge in [0.05, 0.1) is 6.54 Å². The van der Waals surface area contributed by atoms with Crippen LogP contribution < -0.4 is 15.8 Å². The van der Waals surface area contributed by atoms with Crippen LogP contribution in [0, 0.1) is 0 Å². The highest BCUT2D eigenvalue weighted by atomic mass is 127. The smallest absolute Gasteiger partial charge is 0.247 e. The molecule has 0 saturated carbocycles. The predicted octanol–water partition coefficient (Wildman–Crippen LogP) is 2.57. The molecular formula is C15H25IN4O2S2. The minimum atomic E-state index is -3.61. The Labute approximate surface area is 165 Å². The maximum Gasteiger partial charge on any atom is 0.247 e. The van der Waals surface area contributed by atoms with Crippen molar-refractivity contribution in [2.45, 2.75) is 42.9 Å². The molecule has 1 heterocycles. The molecule has 6 nitrogen and oxygen atoms in total. The minimum Gasteiger partial charge on any atom is -0.356 e. The first kappa shape index (κ1) is 21.4. The molecule has 136 valence electrons. The third kappa shape index (κ3) is 7.08. The average Bonchev–Trinajstić information content (AvgIpc) is 3.01. The summed E-state index contributed by atoms with van der Waals surface area (Å²) < 4.78 is 22.7. The molecule has 0 bridgehead atoms. The van der Waals surface area contributed by atoms with E-state index in [1.807, 2.05) is 0 Å². The number of thiophene rings is 1. The number of hydrogen-bond donors (Lipinski definition) is 3. The number of halogens is 1. The lowest BCUT2D eigenvalue weighted by molar-refractivity contribution is 0.600. The summed E-state index contributed by atoms with van der Waals surface area (Å²) in [7, 11) is -1.89. The zero-order valence-corrected chi connectivity index (χ0v) is 17.7. The molecule has 9 heteroatoms. The van der Waals surface area contributed by atoms with Gasteiger partial charge in [-0.25, -0.2) is 13.6 Å². The third-order valence-corrected chi connectivity index (χ3v) is 6.22. The number of hydrogen-bond acceptors (Lipinski definition) is 4. The lowest BCUT2D eigenvalue weighted by atomic mass is 9.97. The van der Waals surface area contributed by atoms with Crippen molar-refractivity contribution in [2.24, 2.45) is 10.1 Å². The molecule has 4 N–H and O–H groups in total. The number of nitrogens with two attached hydrogens (primary N) is 1. The van der Waals surface area contributed by atoms with Crippen molar-refractivity contribution >= 4 is 51.3 Å². The SMILES string of the molecule is CN=C(NCCC1=CCCCC1)NCc1ccc(S(N)(=O)=O)s1.I. The number of primary sulfonamides is 1. The summed E-state index contributed by atoms with van der Waals surface area (Å²) in [6, 6.07) is 3.29. The molecule has 0 radical (unpaired) electrons.